The van der Waals surface area contributed by atoms with Crippen molar-refractivity contribution in [3.8, 4) is 11.5 Å². The van der Waals surface area contributed by atoms with E-state index >= 15 is 0 Å². The van der Waals surface area contributed by atoms with Crippen LogP contribution in [0, 0.1) is 0 Å². The summed E-state index contributed by atoms with van der Waals surface area (Å²) in [6.45, 7) is 0. The summed E-state index contributed by atoms with van der Waals surface area (Å²) in [4.78, 5) is 4.37. The smallest absolute Gasteiger partial charge is 0.160 e. The second-order valence-electron chi connectivity index (χ2n) is 4.75. The molecule has 0 bridgehead atoms. The summed E-state index contributed by atoms with van der Waals surface area (Å²) in [6, 6.07) is 11.9. The molecule has 1 aromatic heterocycles. The SMILES string of the molecule is Oc1ccc(/C=C/c2ccc3c(Cl)cc(Cl)c(O)c3n2)cc1. The van der Waals surface area contributed by atoms with Gasteiger partial charge in [0.25, 0.3) is 0 Å². The van der Waals surface area contributed by atoms with Crippen LogP contribution >= 0.6 is 23.2 Å². The fourth-order valence-corrected chi connectivity index (χ4v) is 2.59. The van der Waals surface area contributed by atoms with Crippen molar-refractivity contribution in [2.75, 3.05) is 0 Å². The molecule has 0 amide bonds. The van der Waals surface area contributed by atoms with E-state index in [-0.39, 0.29) is 16.5 Å². The molecule has 0 radical (unpaired) electrons. The van der Waals surface area contributed by atoms with Gasteiger partial charge in [0.15, 0.2) is 5.75 Å². The second kappa shape index (κ2) is 5.87. The van der Waals surface area contributed by atoms with Crippen molar-refractivity contribution in [3.63, 3.8) is 0 Å². The number of benzene rings is 2. The summed E-state index contributed by atoms with van der Waals surface area (Å²) in [6.07, 6.45) is 3.66. The Labute approximate surface area is 137 Å². The lowest BCUT2D eigenvalue weighted by atomic mass is 10.1. The van der Waals surface area contributed by atoms with E-state index in [1.54, 1.807) is 42.5 Å². The van der Waals surface area contributed by atoms with Crippen LogP contribution in [0.2, 0.25) is 10.0 Å². The van der Waals surface area contributed by atoms with Crippen LogP contribution in [0.4, 0.5) is 0 Å². The molecule has 0 atom stereocenters. The van der Waals surface area contributed by atoms with E-state index in [2.05, 4.69) is 4.98 Å². The molecule has 0 aliphatic carbocycles. The number of phenolic OH excluding ortho intramolecular Hbond substituents is 2. The molecular formula is C17H11Cl2NO2. The van der Waals surface area contributed by atoms with Gasteiger partial charge in [0.05, 0.1) is 15.7 Å². The molecule has 0 aliphatic rings. The van der Waals surface area contributed by atoms with Gasteiger partial charge in [0.2, 0.25) is 0 Å². The Balaban J connectivity index is 2.01. The molecule has 0 saturated heterocycles. The van der Waals surface area contributed by atoms with Crippen molar-refractivity contribution in [2.24, 2.45) is 0 Å². The number of nitrogens with zero attached hydrogens (tertiary/aromatic N) is 1. The summed E-state index contributed by atoms with van der Waals surface area (Å²) < 4.78 is 0. The highest BCUT2D eigenvalue weighted by molar-refractivity contribution is 6.39. The van der Waals surface area contributed by atoms with Crippen molar-refractivity contribution in [2.45, 2.75) is 0 Å². The molecule has 3 rings (SSSR count). The maximum absolute atomic E-state index is 10.0. The molecule has 3 aromatic rings. The van der Waals surface area contributed by atoms with Crippen LogP contribution in [0.15, 0.2) is 42.5 Å². The molecular weight excluding hydrogens is 321 g/mol. The Morgan fingerprint density at radius 3 is 2.32 bits per heavy atom. The summed E-state index contributed by atoms with van der Waals surface area (Å²) in [5, 5.41) is 20.5. The van der Waals surface area contributed by atoms with Gasteiger partial charge in [-0.05, 0) is 42.0 Å². The average Bonchev–Trinajstić information content (AvgIpc) is 2.52. The van der Waals surface area contributed by atoms with E-state index in [0.717, 1.165) is 5.56 Å². The molecule has 3 nitrogen and oxygen atoms in total. The lowest BCUT2D eigenvalue weighted by Crippen LogP contribution is -1.86. The van der Waals surface area contributed by atoms with Gasteiger partial charge >= 0.3 is 0 Å². The van der Waals surface area contributed by atoms with E-state index < -0.39 is 0 Å². The normalized spacial score (nSPS) is 11.4. The molecule has 0 saturated carbocycles. The number of hydrogen-bond donors (Lipinski definition) is 2. The second-order valence-corrected chi connectivity index (χ2v) is 5.56. The van der Waals surface area contributed by atoms with Gasteiger partial charge in [0, 0.05) is 5.39 Å². The van der Waals surface area contributed by atoms with Crippen LogP contribution in [-0.4, -0.2) is 15.2 Å². The fraction of sp³-hybridized carbons (Fsp3) is 0. The van der Waals surface area contributed by atoms with E-state index in [0.29, 0.717) is 21.6 Å². The number of halogens is 2. The fourth-order valence-electron chi connectivity index (χ4n) is 2.08. The maximum atomic E-state index is 10.0. The lowest BCUT2D eigenvalue weighted by molar-refractivity contribution is 0.475. The average molecular weight is 332 g/mol. The van der Waals surface area contributed by atoms with Crippen LogP contribution in [0.25, 0.3) is 23.1 Å². The number of aromatic nitrogens is 1. The minimum Gasteiger partial charge on any atom is -0.508 e. The zero-order valence-electron chi connectivity index (χ0n) is 11.3. The van der Waals surface area contributed by atoms with Crippen molar-refractivity contribution in [3.05, 3.63) is 63.8 Å². The topological polar surface area (TPSA) is 53.4 Å². The number of pyridine rings is 1. The number of aromatic hydroxyl groups is 2. The van der Waals surface area contributed by atoms with Crippen molar-refractivity contribution < 1.29 is 10.2 Å². The summed E-state index contributed by atoms with van der Waals surface area (Å²) in [5.74, 6) is 0.135. The Morgan fingerprint density at radius 2 is 1.59 bits per heavy atom. The van der Waals surface area contributed by atoms with Crippen molar-refractivity contribution >= 4 is 46.3 Å². The first-order valence-corrected chi connectivity index (χ1v) is 7.25. The Morgan fingerprint density at radius 1 is 0.864 bits per heavy atom. The molecule has 0 aliphatic heterocycles. The minimum atomic E-state index is -0.0825. The molecule has 2 aromatic carbocycles. The predicted octanol–water partition coefficient (Wildman–Crippen LogP) is 5.12. The zero-order valence-corrected chi connectivity index (χ0v) is 12.8. The molecule has 22 heavy (non-hydrogen) atoms. The zero-order chi connectivity index (χ0) is 15.7. The molecule has 1 heterocycles. The largest absolute Gasteiger partial charge is 0.508 e. The standard InChI is InChI=1S/C17H11Cl2NO2/c18-14-9-15(19)17(22)16-13(14)8-5-11(20-16)4-1-10-2-6-12(21)7-3-10/h1-9,21-22H/b4-1+. The molecule has 0 spiro atoms. The van der Waals surface area contributed by atoms with Gasteiger partial charge in [-0.1, -0.05) is 41.4 Å². The summed E-state index contributed by atoms with van der Waals surface area (Å²) >= 11 is 12.0. The molecule has 2 N–H and O–H groups in total. The highest BCUT2D eigenvalue weighted by Gasteiger charge is 2.10. The van der Waals surface area contributed by atoms with Crippen LogP contribution < -0.4 is 0 Å². The Hall–Kier alpha value is -2.23. The monoisotopic (exact) mass is 331 g/mol. The maximum Gasteiger partial charge on any atom is 0.160 e. The van der Waals surface area contributed by atoms with E-state index in [4.69, 9.17) is 23.2 Å². The third kappa shape index (κ3) is 2.86. The Bertz CT molecular complexity index is 874. The van der Waals surface area contributed by atoms with Gasteiger partial charge in [-0.15, -0.1) is 0 Å². The molecule has 0 fully saturated rings. The first-order valence-electron chi connectivity index (χ1n) is 6.49. The quantitative estimate of drug-likeness (QED) is 0.684. The molecule has 0 unspecified atom stereocenters. The Kier molecular flexibility index (Phi) is 3.92. The van der Waals surface area contributed by atoms with E-state index in [1.807, 2.05) is 6.08 Å². The van der Waals surface area contributed by atoms with Crippen LogP contribution in [0.3, 0.4) is 0 Å². The van der Waals surface area contributed by atoms with Crippen LogP contribution in [0.5, 0.6) is 11.5 Å². The summed E-state index contributed by atoms with van der Waals surface area (Å²) in [7, 11) is 0. The van der Waals surface area contributed by atoms with Crippen LogP contribution in [-0.2, 0) is 0 Å². The highest BCUT2D eigenvalue weighted by atomic mass is 35.5. The van der Waals surface area contributed by atoms with E-state index in [1.165, 1.54) is 6.07 Å². The number of phenols is 2. The van der Waals surface area contributed by atoms with Crippen LogP contribution in [0.1, 0.15) is 11.3 Å². The van der Waals surface area contributed by atoms with Gasteiger partial charge in [-0.2, -0.15) is 0 Å². The van der Waals surface area contributed by atoms with Gasteiger partial charge in [-0.25, -0.2) is 4.98 Å². The highest BCUT2D eigenvalue weighted by Crippen LogP contribution is 2.36. The third-order valence-corrected chi connectivity index (χ3v) is 3.82. The molecule has 110 valence electrons. The van der Waals surface area contributed by atoms with Gasteiger partial charge in [0.1, 0.15) is 11.3 Å². The molecule has 5 heteroatoms. The predicted molar refractivity (Wildman–Crippen MR) is 90.5 cm³/mol. The van der Waals surface area contributed by atoms with Crippen molar-refractivity contribution in [1.29, 1.82) is 0 Å². The van der Waals surface area contributed by atoms with E-state index in [9.17, 15) is 10.2 Å². The lowest BCUT2D eigenvalue weighted by Gasteiger charge is -2.05. The van der Waals surface area contributed by atoms with Gasteiger partial charge in [-0.3, -0.25) is 0 Å². The first kappa shape index (κ1) is 14.7. The third-order valence-electron chi connectivity index (χ3n) is 3.22. The number of hydrogen-bond acceptors (Lipinski definition) is 3. The van der Waals surface area contributed by atoms with Crippen molar-refractivity contribution in [1.82, 2.24) is 4.98 Å². The van der Waals surface area contributed by atoms with Gasteiger partial charge < -0.3 is 10.2 Å². The summed E-state index contributed by atoms with van der Waals surface area (Å²) in [5.41, 5.74) is 1.95. The number of fused-ring (bicyclic) bond motifs is 1. The first-order chi connectivity index (χ1) is 10.5. The minimum absolute atomic E-state index is 0.0825. The number of rotatable bonds is 2.